The van der Waals surface area contributed by atoms with Crippen LogP contribution in [0, 0.1) is 0 Å². The number of benzene rings is 2. The Morgan fingerprint density at radius 1 is 0.154 bits per heavy atom. The Morgan fingerprint density at radius 3 is 0.410 bits per heavy atom. The zero-order chi connectivity index (χ0) is 93.8. The van der Waals surface area contributed by atoms with Crippen molar-refractivity contribution >= 4 is 24.1 Å². The van der Waals surface area contributed by atoms with E-state index in [1.807, 2.05) is 0 Å². The predicted molar refractivity (Wildman–Crippen MR) is 227 cm³/mol. The molecule has 0 radical (unpaired) electrons. The molecule has 2 atom stereocenters. The third-order valence-corrected chi connectivity index (χ3v) is 22.4. The van der Waals surface area contributed by atoms with Gasteiger partial charge in [-0.25, -0.2) is 0 Å². The van der Waals surface area contributed by atoms with Crippen molar-refractivity contribution in [2.24, 2.45) is 0 Å². The second-order valence-corrected chi connectivity index (χ2v) is 29.6. The Labute approximate surface area is 613 Å². The Morgan fingerprint density at radius 2 is 0.274 bits per heavy atom. The maximum atomic E-state index is 16.4. The van der Waals surface area contributed by atoms with E-state index in [1.54, 1.807) is 0 Å². The first kappa shape index (κ1) is 113. The van der Waals surface area contributed by atoms with Gasteiger partial charge in [0.25, 0.3) is 0 Å². The fraction of sp³-hybridized carbons (Fsp3) is 0.727. The van der Waals surface area contributed by atoms with Crippen LogP contribution in [0.15, 0.2) is 36.4 Å². The van der Waals surface area contributed by atoms with Crippen LogP contribution in [0.1, 0.15) is 22.3 Å². The second-order valence-electron chi connectivity index (χ2n) is 21.8. The summed E-state index contributed by atoms with van der Waals surface area (Å²) in [6, 6.07) is -11.6. The summed E-state index contributed by atoms with van der Waals surface area (Å²) in [5, 5.41) is -8.24. The van der Waals surface area contributed by atoms with Crippen molar-refractivity contribution < 1.29 is 340 Å². The van der Waals surface area contributed by atoms with Gasteiger partial charge in [0.1, 0.15) is 0 Å². The second kappa shape index (κ2) is 29.7. The quantitative estimate of drug-likeness (QED) is 0.0389. The summed E-state index contributed by atoms with van der Waals surface area (Å²) < 4.78 is 980. The van der Waals surface area contributed by atoms with E-state index in [0.29, 0.717) is 0 Å². The van der Waals surface area contributed by atoms with Crippen LogP contribution in [0.3, 0.4) is 0 Å². The van der Waals surface area contributed by atoms with E-state index in [9.17, 15) is 193 Å². The van der Waals surface area contributed by atoms with Gasteiger partial charge in [-0.15, -0.1) is 0 Å². The minimum absolute atomic E-state index is 0. The van der Waals surface area contributed by atoms with Crippen LogP contribution in [0.5, 0.6) is 0 Å². The van der Waals surface area contributed by atoms with E-state index in [1.165, 1.54) is 0 Å². The number of halogens is 70. The monoisotopic (exact) mass is 2070 g/mol. The molecule has 0 saturated heterocycles. The first-order chi connectivity index (χ1) is 48.9. The molecule has 0 aliphatic heterocycles. The van der Waals surface area contributed by atoms with Gasteiger partial charge in [-0.2, -0.15) is 26.3 Å². The molecule has 2 aromatic rings. The standard InChI is InChI=1S/2C22H4F34P.2ClH.Pd/c2*23-7(24,9(27,28)11(31,32)13(35,36)15(39,40)17(43,44)19(47,48)21(51,52)53)4-2-1-3-5(57)6(4)8(25,26)10(29,30)12(33,34)14(37,38)16(41,42)18(45,46)20(49,50)22(54,55)56;;;/h2*1-3,57H;2*1H;/q2*-1;;;+2/p-2. The third kappa shape index (κ3) is 14.4. The van der Waals surface area contributed by atoms with Gasteiger partial charge in [0, 0.05) is 0 Å². The van der Waals surface area contributed by atoms with Gasteiger partial charge in [-0.1, -0.05) is 0 Å². The summed E-state index contributed by atoms with van der Waals surface area (Å²) in [5.74, 6) is -279. The molecule has 0 amide bonds. The summed E-state index contributed by atoms with van der Waals surface area (Å²) in [4.78, 5) is 0. The van der Waals surface area contributed by atoms with Crippen molar-refractivity contribution in [3.8, 4) is 0 Å². The van der Waals surface area contributed by atoms with E-state index in [2.05, 4.69) is 0 Å². The van der Waals surface area contributed by atoms with Gasteiger partial charge >= 0.3 is 563 Å². The molecule has 117 heavy (non-hydrogen) atoms. The van der Waals surface area contributed by atoms with Crippen LogP contribution in [-0.2, 0) is 40.7 Å². The van der Waals surface area contributed by atoms with Crippen molar-refractivity contribution in [1.82, 2.24) is 0 Å². The van der Waals surface area contributed by atoms with Gasteiger partial charge in [-0.3, -0.25) is 0 Å². The number of hydrogen-bond donors (Lipinski definition) is 0. The van der Waals surface area contributed by atoms with Gasteiger partial charge < -0.3 is 24.8 Å². The first-order valence-corrected chi connectivity index (χ1v) is 31.5. The molecule has 0 fully saturated rings. The van der Waals surface area contributed by atoms with Crippen LogP contribution < -0.4 is 35.4 Å². The van der Waals surface area contributed by atoms with Crippen LogP contribution in [0.4, 0.5) is 299 Å². The van der Waals surface area contributed by atoms with Crippen LogP contribution in [-0.4, -0.2) is 167 Å². The molecule has 0 aliphatic carbocycles. The van der Waals surface area contributed by atoms with Crippen molar-refractivity contribution in [3.05, 3.63) is 58.7 Å². The number of alkyl halides is 68. The molecule has 0 aromatic heterocycles. The number of rotatable bonds is 32. The zero-order valence-corrected chi connectivity index (χ0v) is 55.3. The van der Waals surface area contributed by atoms with Gasteiger partial charge in [-0.05, 0) is 0 Å². The van der Waals surface area contributed by atoms with Gasteiger partial charge in [0.2, 0.25) is 0 Å². The zero-order valence-electron chi connectivity index (χ0n) is 50.2. The summed E-state index contributed by atoms with van der Waals surface area (Å²) in [6.07, 6.45) is -35.1. The van der Waals surface area contributed by atoms with Crippen LogP contribution >= 0.6 is 13.5 Å². The van der Waals surface area contributed by atoms with Crippen molar-refractivity contribution in [3.63, 3.8) is 0 Å². The Hall–Kier alpha value is -4.22. The van der Waals surface area contributed by atoms with E-state index >= 15 is 105 Å². The molecule has 2 rings (SSSR count). The molecule has 0 saturated carbocycles. The van der Waals surface area contributed by atoms with E-state index in [0.717, 1.165) is 0 Å². The van der Waals surface area contributed by atoms with E-state index in [-0.39, 0.29) is 24.8 Å². The number of hydrogen-bond acceptors (Lipinski definition) is 0. The SMILES string of the molecule is FC(F)(F)C(F)(F)C(F)(F)C(F)(F)C(F)(F)C(F)(F)C(F)(F)C(F)(F)c1cccc([PH][Pd][PH]c2cccc(C(F)(F)C(F)(F)C(F)(F)C(F)(F)C(F)(F)C(F)(F)C(F)(F)C(F)(F)F)c2C(F)(F)C(F)(F)C(F)(F)C(F)(F)C(F)(F)C(F)(F)C(F)(F)C(F)(F)F)c1C(F)(F)C(F)(F)C(F)(F)C(F)(F)C(F)(F)C(F)(F)C(F)(F)C(F)(F)F.[Cl-].[Cl-]. The molecular formula is C44H8Cl2F68P2Pd-2. The average Bonchev–Trinajstić information content (AvgIpc) is 0.693. The maximum absolute atomic E-state index is 16.4. The molecule has 0 heterocycles. The normalized spacial score (nSPS) is 16.8. The summed E-state index contributed by atoms with van der Waals surface area (Å²) in [7, 11) is 0. The average molecular weight is 2070 g/mol. The van der Waals surface area contributed by atoms with Crippen LogP contribution in [0.2, 0.25) is 0 Å². The smallest absolute Gasteiger partial charge is 1.00 e. The van der Waals surface area contributed by atoms with E-state index in [4.69, 9.17) is 0 Å². The molecule has 73 heteroatoms. The van der Waals surface area contributed by atoms with E-state index < -0.39 is 290 Å². The summed E-state index contributed by atoms with van der Waals surface area (Å²) >= 11 is -4.35. The fourth-order valence-electron chi connectivity index (χ4n) is 7.85. The first-order valence-electron chi connectivity index (χ1n) is 25.2. The topological polar surface area (TPSA) is 0 Å². The van der Waals surface area contributed by atoms with Gasteiger partial charge in [0.15, 0.2) is 0 Å². The van der Waals surface area contributed by atoms with Crippen molar-refractivity contribution in [1.29, 1.82) is 0 Å². The molecule has 2 unspecified atom stereocenters. The molecule has 0 nitrogen and oxygen atoms in total. The molecule has 0 bridgehead atoms. The van der Waals surface area contributed by atoms with Crippen molar-refractivity contribution in [2.45, 2.75) is 191 Å². The minimum atomic E-state index is -10.4. The Bertz CT molecular complexity index is 3600. The fourth-order valence-corrected chi connectivity index (χ4v) is 16.3. The molecule has 0 N–H and O–H groups in total. The Kier molecular flexibility index (Phi) is 28.7. The molecular weight excluding hydrogens is 2060 g/mol. The summed E-state index contributed by atoms with van der Waals surface area (Å²) in [6.45, 7) is -8.63. The Balaban J connectivity index is 0.0000673. The van der Waals surface area contributed by atoms with Crippen molar-refractivity contribution in [2.75, 3.05) is 0 Å². The van der Waals surface area contributed by atoms with Gasteiger partial charge in [0.05, 0.1) is 0 Å². The minimum Gasteiger partial charge on any atom is -1.00 e. The third-order valence-electron chi connectivity index (χ3n) is 14.6. The predicted octanol–water partition coefficient (Wildman–Crippen LogP) is 18.8. The summed E-state index contributed by atoms with van der Waals surface area (Å²) in [5.41, 5.74) is -22.8. The van der Waals surface area contributed by atoms with Crippen LogP contribution in [0.25, 0.3) is 0 Å². The molecule has 0 aliphatic rings. The molecule has 0 spiro atoms. The molecule has 2 aromatic carbocycles. The molecule has 696 valence electrons.